The molecule has 8 heteroatoms. The van der Waals surface area contributed by atoms with Crippen LogP contribution in [0.25, 0.3) is 0 Å². The average molecular weight is 376 g/mol. The monoisotopic (exact) mass is 376 g/mol. The number of carbonyl (C=O) groups excluding carboxylic acids is 1. The molecule has 0 saturated heterocycles. The molecular formula is C18H23F3O5. The number of carbonyl (C=O) groups is 2. The molecule has 1 aromatic carbocycles. The molecule has 0 spiro atoms. The SMILES string of the molecule is CC(C)C(OC(=O)c1ccc(OC(C)(C)C)cc1)C(C(=O)O)C(F)(F)F. The largest absolute Gasteiger partial charge is 0.488 e. The number of aliphatic carboxylic acids is 1. The lowest BCUT2D eigenvalue weighted by Gasteiger charge is -2.28. The van der Waals surface area contributed by atoms with Crippen LogP contribution < -0.4 is 4.74 Å². The number of hydrogen-bond acceptors (Lipinski definition) is 4. The molecule has 0 saturated carbocycles. The topological polar surface area (TPSA) is 72.8 Å². The van der Waals surface area contributed by atoms with Crippen LogP contribution in [0, 0.1) is 11.8 Å². The Morgan fingerprint density at radius 1 is 1.04 bits per heavy atom. The zero-order valence-corrected chi connectivity index (χ0v) is 15.3. The zero-order chi connectivity index (χ0) is 20.3. The zero-order valence-electron chi connectivity index (χ0n) is 15.3. The van der Waals surface area contributed by atoms with Gasteiger partial charge in [-0.3, -0.25) is 4.79 Å². The minimum absolute atomic E-state index is 0.00298. The second-order valence-corrected chi connectivity index (χ2v) is 7.21. The summed E-state index contributed by atoms with van der Waals surface area (Å²) in [6.07, 6.45) is -6.88. The molecule has 1 rings (SSSR count). The Labute approximate surface area is 150 Å². The molecule has 5 nitrogen and oxygen atoms in total. The van der Waals surface area contributed by atoms with Crippen molar-refractivity contribution in [3.05, 3.63) is 29.8 Å². The molecule has 0 bridgehead atoms. The average Bonchev–Trinajstić information content (AvgIpc) is 2.43. The van der Waals surface area contributed by atoms with E-state index in [-0.39, 0.29) is 5.56 Å². The van der Waals surface area contributed by atoms with Crippen LogP contribution in [0.3, 0.4) is 0 Å². The van der Waals surface area contributed by atoms with Gasteiger partial charge in [-0.2, -0.15) is 13.2 Å². The quantitative estimate of drug-likeness (QED) is 0.749. The number of benzene rings is 1. The first-order chi connectivity index (χ1) is 11.7. The number of carboxylic acids is 1. The first-order valence-corrected chi connectivity index (χ1v) is 8.02. The van der Waals surface area contributed by atoms with Gasteiger partial charge in [0.15, 0.2) is 5.92 Å². The standard InChI is InChI=1S/C18H23F3O5/c1-10(2)14(13(15(22)23)18(19,20)21)25-16(24)11-6-8-12(9-7-11)26-17(3,4)5/h6-10,13-14H,1-5H3,(H,22,23). The molecule has 1 N–H and O–H groups in total. The summed E-state index contributed by atoms with van der Waals surface area (Å²) in [5, 5.41) is 8.93. The van der Waals surface area contributed by atoms with E-state index in [1.54, 1.807) is 0 Å². The minimum Gasteiger partial charge on any atom is -0.488 e. The summed E-state index contributed by atoms with van der Waals surface area (Å²) < 4.78 is 49.7. The lowest BCUT2D eigenvalue weighted by molar-refractivity contribution is -0.215. The molecule has 0 aliphatic carbocycles. The number of rotatable bonds is 6. The molecule has 2 unspecified atom stereocenters. The van der Waals surface area contributed by atoms with Gasteiger partial charge in [-0.05, 0) is 51.0 Å². The Morgan fingerprint density at radius 3 is 1.88 bits per heavy atom. The number of ether oxygens (including phenoxy) is 2. The maximum absolute atomic E-state index is 13.1. The van der Waals surface area contributed by atoms with Gasteiger partial charge in [-0.25, -0.2) is 4.79 Å². The fraction of sp³-hybridized carbons (Fsp3) is 0.556. The maximum Gasteiger partial charge on any atom is 0.405 e. The second-order valence-electron chi connectivity index (χ2n) is 7.21. The van der Waals surface area contributed by atoms with Gasteiger partial charge in [0.2, 0.25) is 0 Å². The number of carboxylic acid groups (broad SMARTS) is 1. The van der Waals surface area contributed by atoms with Gasteiger partial charge in [0.1, 0.15) is 17.5 Å². The van der Waals surface area contributed by atoms with E-state index < -0.39 is 41.7 Å². The van der Waals surface area contributed by atoms with Gasteiger partial charge >= 0.3 is 18.1 Å². The predicted octanol–water partition coefficient (Wildman–Crippen LogP) is 4.31. The molecule has 26 heavy (non-hydrogen) atoms. The van der Waals surface area contributed by atoms with E-state index in [1.807, 2.05) is 20.8 Å². The Balaban J connectivity index is 2.99. The van der Waals surface area contributed by atoms with Gasteiger partial charge < -0.3 is 14.6 Å². The van der Waals surface area contributed by atoms with Crippen LogP contribution in [0.4, 0.5) is 13.2 Å². The van der Waals surface area contributed by atoms with Crippen LogP contribution in [-0.4, -0.2) is 34.9 Å². The third-order valence-electron chi connectivity index (χ3n) is 3.36. The molecule has 0 aliphatic rings. The molecule has 0 amide bonds. The Kier molecular flexibility index (Phi) is 6.68. The molecule has 146 valence electrons. The highest BCUT2D eigenvalue weighted by Gasteiger charge is 2.52. The molecular weight excluding hydrogens is 353 g/mol. The van der Waals surface area contributed by atoms with E-state index in [2.05, 4.69) is 0 Å². The maximum atomic E-state index is 13.1. The highest BCUT2D eigenvalue weighted by atomic mass is 19.4. The van der Waals surface area contributed by atoms with Gasteiger partial charge in [-0.15, -0.1) is 0 Å². The number of hydrogen-bond donors (Lipinski definition) is 1. The van der Waals surface area contributed by atoms with Crippen molar-refractivity contribution in [2.24, 2.45) is 11.8 Å². The van der Waals surface area contributed by atoms with E-state index in [9.17, 15) is 22.8 Å². The van der Waals surface area contributed by atoms with Crippen LogP contribution >= 0.6 is 0 Å². The van der Waals surface area contributed by atoms with Crippen molar-refractivity contribution in [3.8, 4) is 5.75 Å². The Hall–Kier alpha value is -2.25. The first kappa shape index (κ1) is 21.8. The minimum atomic E-state index is -5.04. The van der Waals surface area contributed by atoms with E-state index in [0.29, 0.717) is 5.75 Å². The molecule has 0 aromatic heterocycles. The van der Waals surface area contributed by atoms with E-state index in [4.69, 9.17) is 14.6 Å². The fourth-order valence-corrected chi connectivity index (χ4v) is 2.26. The van der Waals surface area contributed by atoms with Crippen molar-refractivity contribution in [3.63, 3.8) is 0 Å². The number of halogens is 3. The molecule has 0 heterocycles. The third-order valence-corrected chi connectivity index (χ3v) is 3.36. The number of alkyl halides is 3. The molecule has 2 atom stereocenters. The highest BCUT2D eigenvalue weighted by Crippen LogP contribution is 2.34. The summed E-state index contributed by atoms with van der Waals surface area (Å²) in [5.74, 6) is -6.27. The van der Waals surface area contributed by atoms with Gasteiger partial charge in [0.25, 0.3) is 0 Å². The van der Waals surface area contributed by atoms with E-state index >= 15 is 0 Å². The van der Waals surface area contributed by atoms with Crippen LogP contribution in [0.15, 0.2) is 24.3 Å². The first-order valence-electron chi connectivity index (χ1n) is 8.02. The molecule has 1 aromatic rings. The van der Waals surface area contributed by atoms with Crippen molar-refractivity contribution >= 4 is 11.9 Å². The number of esters is 1. The molecule has 0 aliphatic heterocycles. The van der Waals surface area contributed by atoms with Gasteiger partial charge in [0.05, 0.1) is 5.56 Å². The van der Waals surface area contributed by atoms with Crippen LogP contribution in [-0.2, 0) is 9.53 Å². The smallest absolute Gasteiger partial charge is 0.405 e. The van der Waals surface area contributed by atoms with Crippen LogP contribution in [0.2, 0.25) is 0 Å². The van der Waals surface area contributed by atoms with E-state index in [0.717, 1.165) is 0 Å². The normalized spacial score (nSPS) is 14.7. The Morgan fingerprint density at radius 2 is 1.54 bits per heavy atom. The van der Waals surface area contributed by atoms with Crippen molar-refractivity contribution in [2.75, 3.05) is 0 Å². The van der Waals surface area contributed by atoms with Crippen molar-refractivity contribution in [1.29, 1.82) is 0 Å². The van der Waals surface area contributed by atoms with Gasteiger partial charge in [0, 0.05) is 0 Å². The van der Waals surface area contributed by atoms with Crippen molar-refractivity contribution in [2.45, 2.75) is 52.5 Å². The Bertz CT molecular complexity index is 630. The summed E-state index contributed by atoms with van der Waals surface area (Å²) in [6, 6.07) is 5.68. The lowest BCUT2D eigenvalue weighted by Crippen LogP contribution is -2.45. The second kappa shape index (κ2) is 7.97. The summed E-state index contributed by atoms with van der Waals surface area (Å²) >= 11 is 0. The summed E-state index contributed by atoms with van der Waals surface area (Å²) in [7, 11) is 0. The van der Waals surface area contributed by atoms with Crippen molar-refractivity contribution < 1.29 is 37.3 Å². The predicted molar refractivity (Wildman–Crippen MR) is 88.0 cm³/mol. The summed E-state index contributed by atoms with van der Waals surface area (Å²) in [6.45, 7) is 8.24. The van der Waals surface area contributed by atoms with Crippen molar-refractivity contribution in [1.82, 2.24) is 0 Å². The van der Waals surface area contributed by atoms with Crippen LogP contribution in [0.5, 0.6) is 5.75 Å². The van der Waals surface area contributed by atoms with Crippen LogP contribution in [0.1, 0.15) is 45.0 Å². The molecule has 0 fully saturated rings. The fourth-order valence-electron chi connectivity index (χ4n) is 2.26. The molecule has 0 radical (unpaired) electrons. The van der Waals surface area contributed by atoms with E-state index in [1.165, 1.54) is 38.1 Å². The highest BCUT2D eigenvalue weighted by molar-refractivity contribution is 5.90. The van der Waals surface area contributed by atoms with Gasteiger partial charge in [-0.1, -0.05) is 13.8 Å². The summed E-state index contributed by atoms with van der Waals surface area (Å²) in [5.41, 5.74) is -0.449. The summed E-state index contributed by atoms with van der Waals surface area (Å²) in [4.78, 5) is 23.2. The third kappa shape index (κ3) is 6.24. The lowest BCUT2D eigenvalue weighted by atomic mass is 9.92.